The molecule has 0 aromatic heterocycles. The van der Waals surface area contributed by atoms with E-state index in [4.69, 9.17) is 0 Å². The second kappa shape index (κ2) is 5.71. The molecule has 17 heavy (non-hydrogen) atoms. The largest absolute Gasteiger partial charge is 0.317 e. The van der Waals surface area contributed by atoms with Gasteiger partial charge in [0.25, 0.3) is 0 Å². The fourth-order valence-corrected chi connectivity index (χ4v) is 3.51. The Morgan fingerprint density at radius 3 is 2.18 bits per heavy atom. The lowest BCUT2D eigenvalue weighted by Crippen LogP contribution is -2.47. The molecule has 0 bridgehead atoms. The lowest BCUT2D eigenvalue weighted by molar-refractivity contribution is 0.0616. The predicted molar refractivity (Wildman–Crippen MR) is 74.3 cm³/mol. The first kappa shape index (κ1) is 13.4. The van der Waals surface area contributed by atoms with Gasteiger partial charge < -0.3 is 10.2 Å². The number of piperidine rings is 1. The minimum absolute atomic E-state index is 0.638. The molecule has 0 spiro atoms. The summed E-state index contributed by atoms with van der Waals surface area (Å²) in [7, 11) is 2.11. The lowest BCUT2D eigenvalue weighted by atomic mass is 9.77. The van der Waals surface area contributed by atoms with Crippen LogP contribution in [0.5, 0.6) is 0 Å². The third kappa shape index (κ3) is 3.23. The standard InChI is InChI=1S/C15H30N2/c1-4-15(2)9-11-17(12-10-15)14-7-5-13(16-3)6-8-14/h13-14,16H,4-12H2,1-3H3. The summed E-state index contributed by atoms with van der Waals surface area (Å²) in [5, 5.41) is 3.43. The molecule has 0 atom stereocenters. The third-order valence-corrected chi connectivity index (χ3v) is 5.48. The molecule has 0 aromatic rings. The van der Waals surface area contributed by atoms with Crippen molar-refractivity contribution < 1.29 is 0 Å². The maximum absolute atomic E-state index is 3.43. The summed E-state index contributed by atoms with van der Waals surface area (Å²) in [6, 6.07) is 1.68. The fraction of sp³-hybridized carbons (Fsp3) is 1.00. The summed E-state index contributed by atoms with van der Waals surface area (Å²) in [5.74, 6) is 0. The number of rotatable bonds is 3. The van der Waals surface area contributed by atoms with E-state index in [0.29, 0.717) is 5.41 Å². The van der Waals surface area contributed by atoms with Crippen molar-refractivity contribution in [2.45, 2.75) is 70.9 Å². The summed E-state index contributed by atoms with van der Waals surface area (Å²) in [6.45, 7) is 7.52. The van der Waals surface area contributed by atoms with Gasteiger partial charge in [-0.25, -0.2) is 0 Å². The lowest BCUT2D eigenvalue weighted by Gasteiger charge is -2.44. The predicted octanol–water partition coefficient (Wildman–Crippen LogP) is 3.03. The van der Waals surface area contributed by atoms with Gasteiger partial charge in [-0.15, -0.1) is 0 Å². The van der Waals surface area contributed by atoms with Gasteiger partial charge in [0.2, 0.25) is 0 Å². The number of likely N-dealkylation sites (tertiary alicyclic amines) is 1. The maximum Gasteiger partial charge on any atom is 0.00964 e. The molecule has 2 aliphatic rings. The Morgan fingerprint density at radius 2 is 1.71 bits per heavy atom. The normalized spacial score (nSPS) is 34.8. The monoisotopic (exact) mass is 238 g/mol. The summed E-state index contributed by atoms with van der Waals surface area (Å²) in [6.07, 6.45) is 9.76. The number of hydrogen-bond acceptors (Lipinski definition) is 2. The molecule has 0 amide bonds. The van der Waals surface area contributed by atoms with E-state index < -0.39 is 0 Å². The van der Waals surface area contributed by atoms with Crippen molar-refractivity contribution >= 4 is 0 Å². The van der Waals surface area contributed by atoms with Crippen LogP contribution in [-0.4, -0.2) is 37.1 Å². The van der Waals surface area contributed by atoms with Gasteiger partial charge in [0, 0.05) is 12.1 Å². The topological polar surface area (TPSA) is 15.3 Å². The molecule has 1 heterocycles. The van der Waals surface area contributed by atoms with Crippen LogP contribution in [0, 0.1) is 5.41 Å². The highest BCUT2D eigenvalue weighted by atomic mass is 15.2. The molecule has 100 valence electrons. The molecule has 1 aliphatic carbocycles. The zero-order chi connectivity index (χ0) is 12.3. The molecule has 2 nitrogen and oxygen atoms in total. The van der Waals surface area contributed by atoms with E-state index >= 15 is 0 Å². The van der Waals surface area contributed by atoms with Gasteiger partial charge in [-0.3, -0.25) is 0 Å². The summed E-state index contributed by atoms with van der Waals surface area (Å²) in [4.78, 5) is 2.78. The van der Waals surface area contributed by atoms with Crippen molar-refractivity contribution in [2.75, 3.05) is 20.1 Å². The molecule has 1 aliphatic heterocycles. The van der Waals surface area contributed by atoms with Gasteiger partial charge in [-0.1, -0.05) is 20.3 Å². The van der Waals surface area contributed by atoms with Gasteiger partial charge >= 0.3 is 0 Å². The van der Waals surface area contributed by atoms with Crippen LogP contribution < -0.4 is 5.32 Å². The smallest absolute Gasteiger partial charge is 0.00964 e. The first-order chi connectivity index (χ1) is 8.17. The van der Waals surface area contributed by atoms with Crippen LogP contribution in [0.4, 0.5) is 0 Å². The molecule has 1 saturated carbocycles. The minimum atomic E-state index is 0.638. The van der Waals surface area contributed by atoms with Crippen LogP contribution in [0.15, 0.2) is 0 Å². The van der Waals surface area contributed by atoms with Crippen molar-refractivity contribution in [3.8, 4) is 0 Å². The van der Waals surface area contributed by atoms with E-state index in [2.05, 4.69) is 31.1 Å². The second-order valence-electron chi connectivity index (χ2n) is 6.49. The molecule has 0 unspecified atom stereocenters. The number of hydrogen-bond donors (Lipinski definition) is 1. The second-order valence-corrected chi connectivity index (χ2v) is 6.49. The Bertz CT molecular complexity index is 223. The molecular formula is C15H30N2. The summed E-state index contributed by atoms with van der Waals surface area (Å²) >= 11 is 0. The highest BCUT2D eigenvalue weighted by molar-refractivity contribution is 4.87. The van der Waals surface area contributed by atoms with Gasteiger partial charge in [-0.2, -0.15) is 0 Å². The van der Waals surface area contributed by atoms with Crippen molar-refractivity contribution in [1.82, 2.24) is 10.2 Å². The van der Waals surface area contributed by atoms with Crippen LogP contribution in [0.25, 0.3) is 0 Å². The number of nitrogens with one attached hydrogen (secondary N) is 1. The Kier molecular flexibility index (Phi) is 4.48. The average Bonchev–Trinajstić information content (AvgIpc) is 2.40. The first-order valence-electron chi connectivity index (χ1n) is 7.58. The highest BCUT2D eigenvalue weighted by Crippen LogP contribution is 2.36. The van der Waals surface area contributed by atoms with Crippen LogP contribution in [0.3, 0.4) is 0 Å². The van der Waals surface area contributed by atoms with E-state index in [-0.39, 0.29) is 0 Å². The van der Waals surface area contributed by atoms with E-state index in [0.717, 1.165) is 12.1 Å². The molecule has 2 heteroatoms. The summed E-state index contributed by atoms with van der Waals surface area (Å²) < 4.78 is 0. The molecule has 0 radical (unpaired) electrons. The van der Waals surface area contributed by atoms with E-state index in [1.807, 2.05) is 0 Å². The number of nitrogens with zero attached hydrogens (tertiary/aromatic N) is 1. The van der Waals surface area contributed by atoms with Gasteiger partial charge in [-0.05, 0) is 64.1 Å². The first-order valence-corrected chi connectivity index (χ1v) is 7.58. The van der Waals surface area contributed by atoms with Crippen LogP contribution in [-0.2, 0) is 0 Å². The summed E-state index contributed by atoms with van der Waals surface area (Å²) in [5.41, 5.74) is 0.638. The van der Waals surface area contributed by atoms with Crippen molar-refractivity contribution in [3.05, 3.63) is 0 Å². The molecule has 2 fully saturated rings. The van der Waals surface area contributed by atoms with Crippen molar-refractivity contribution in [2.24, 2.45) is 5.41 Å². The molecular weight excluding hydrogens is 208 g/mol. The molecule has 1 saturated heterocycles. The molecule has 0 aromatic carbocycles. The van der Waals surface area contributed by atoms with Gasteiger partial charge in [0.15, 0.2) is 0 Å². The van der Waals surface area contributed by atoms with Crippen LogP contribution >= 0.6 is 0 Å². The van der Waals surface area contributed by atoms with Crippen molar-refractivity contribution in [1.29, 1.82) is 0 Å². The SMILES string of the molecule is CCC1(C)CCN(C2CCC(NC)CC2)CC1. The Morgan fingerprint density at radius 1 is 1.12 bits per heavy atom. The minimum Gasteiger partial charge on any atom is -0.317 e. The average molecular weight is 238 g/mol. The van der Waals surface area contributed by atoms with Crippen LogP contribution in [0.1, 0.15) is 58.8 Å². The molecule has 2 rings (SSSR count). The van der Waals surface area contributed by atoms with E-state index in [1.54, 1.807) is 0 Å². The zero-order valence-corrected chi connectivity index (χ0v) is 12.0. The quantitative estimate of drug-likeness (QED) is 0.813. The van der Waals surface area contributed by atoms with Gasteiger partial charge in [0.05, 0.1) is 0 Å². The highest BCUT2D eigenvalue weighted by Gasteiger charge is 2.32. The Labute approximate surface area is 107 Å². The third-order valence-electron chi connectivity index (χ3n) is 5.48. The Hall–Kier alpha value is -0.0800. The molecule has 1 N–H and O–H groups in total. The van der Waals surface area contributed by atoms with E-state index in [1.165, 1.54) is 58.0 Å². The Balaban J connectivity index is 1.78. The fourth-order valence-electron chi connectivity index (χ4n) is 3.51. The maximum atomic E-state index is 3.43. The van der Waals surface area contributed by atoms with E-state index in [9.17, 15) is 0 Å². The van der Waals surface area contributed by atoms with Gasteiger partial charge in [0.1, 0.15) is 0 Å². The van der Waals surface area contributed by atoms with Crippen molar-refractivity contribution in [3.63, 3.8) is 0 Å². The zero-order valence-electron chi connectivity index (χ0n) is 12.0. The van der Waals surface area contributed by atoms with Crippen LogP contribution in [0.2, 0.25) is 0 Å².